The van der Waals surface area contributed by atoms with E-state index < -0.39 is 9.84 Å². The number of nitrogens with zero attached hydrogens (tertiary/aromatic N) is 1. The zero-order valence-electron chi connectivity index (χ0n) is 12.7. The number of likely N-dealkylation sites (N-methyl/N-ethyl adjacent to an activating group) is 1. The second-order valence-corrected chi connectivity index (χ2v) is 8.57. The van der Waals surface area contributed by atoms with Crippen molar-refractivity contribution >= 4 is 27.3 Å². The van der Waals surface area contributed by atoms with Crippen molar-refractivity contribution in [1.29, 1.82) is 0 Å². The summed E-state index contributed by atoms with van der Waals surface area (Å²) >= 11 is 6.09. The minimum Gasteiger partial charge on any atom is -0.467 e. The number of hydrogen-bond acceptors (Lipinski definition) is 5. The first-order valence-corrected chi connectivity index (χ1v) is 9.53. The maximum atomic E-state index is 12.5. The number of fused-ring (bicyclic) bond motifs is 1. The van der Waals surface area contributed by atoms with E-state index in [9.17, 15) is 13.2 Å². The minimum absolute atomic E-state index is 0.0350. The number of carbonyl (C=O) groups is 1. The van der Waals surface area contributed by atoms with Crippen LogP contribution >= 0.6 is 11.6 Å². The lowest BCUT2D eigenvalue weighted by Crippen LogP contribution is -2.38. The first-order chi connectivity index (χ1) is 10.9. The molecule has 126 valence electrons. The highest BCUT2D eigenvalue weighted by Gasteiger charge is 2.33. The van der Waals surface area contributed by atoms with E-state index in [1.54, 1.807) is 19.2 Å². The zero-order valence-corrected chi connectivity index (χ0v) is 14.3. The van der Waals surface area contributed by atoms with E-state index in [2.05, 4.69) is 0 Å². The van der Waals surface area contributed by atoms with Crippen LogP contribution in [0, 0.1) is 0 Å². The number of halogens is 1. The fourth-order valence-electron chi connectivity index (χ4n) is 2.96. The smallest absolute Gasteiger partial charge is 0.227 e. The third kappa shape index (κ3) is 3.62. The predicted octanol–water partition coefficient (Wildman–Crippen LogP) is 1.39. The van der Waals surface area contributed by atoms with E-state index in [0.29, 0.717) is 29.4 Å². The fourth-order valence-corrected chi connectivity index (χ4v) is 5.00. The molecule has 0 N–H and O–H groups in total. The molecule has 23 heavy (non-hydrogen) atoms. The molecule has 0 aliphatic carbocycles. The molecule has 1 saturated heterocycles. The van der Waals surface area contributed by atoms with Crippen molar-refractivity contribution in [1.82, 2.24) is 4.90 Å². The van der Waals surface area contributed by atoms with Crippen LogP contribution in [0.5, 0.6) is 5.75 Å². The molecule has 0 bridgehead atoms. The lowest BCUT2D eigenvalue weighted by Gasteiger charge is -2.25. The van der Waals surface area contributed by atoms with E-state index >= 15 is 0 Å². The summed E-state index contributed by atoms with van der Waals surface area (Å²) in [4.78, 5) is 14.0. The van der Waals surface area contributed by atoms with Crippen LogP contribution in [0.25, 0.3) is 0 Å². The van der Waals surface area contributed by atoms with Gasteiger partial charge in [-0.25, -0.2) is 8.42 Å². The minimum atomic E-state index is -3.02. The number of benzene rings is 1. The molecule has 3 rings (SSSR count). The number of carbonyl (C=O) groups excluding carboxylic acids is 1. The van der Waals surface area contributed by atoms with Gasteiger partial charge in [0.2, 0.25) is 5.91 Å². The summed E-state index contributed by atoms with van der Waals surface area (Å²) in [6.07, 6.45) is 0.610. The van der Waals surface area contributed by atoms with Gasteiger partial charge in [-0.05, 0) is 18.6 Å². The standard InChI is InChI=1S/C15H18ClNO5S/c1-17(13-2-3-23(19,20)8-13)14(18)6-10-4-12(16)5-11-7-21-9-22-15(10)11/h4-5,13H,2-3,6-9H2,1H3/t13-/m0/s1. The topological polar surface area (TPSA) is 72.9 Å². The highest BCUT2D eigenvalue weighted by molar-refractivity contribution is 7.91. The van der Waals surface area contributed by atoms with Crippen LogP contribution < -0.4 is 4.74 Å². The molecule has 1 aromatic rings. The SMILES string of the molecule is CN(C(=O)Cc1cc(Cl)cc2c1OCOC2)[C@H]1CCS(=O)(=O)C1. The summed E-state index contributed by atoms with van der Waals surface area (Å²) < 4.78 is 33.9. The lowest BCUT2D eigenvalue weighted by molar-refractivity contribution is -0.130. The summed E-state index contributed by atoms with van der Waals surface area (Å²) in [5, 5.41) is 0.520. The van der Waals surface area contributed by atoms with Gasteiger partial charge in [0.15, 0.2) is 16.6 Å². The zero-order chi connectivity index (χ0) is 16.6. The van der Waals surface area contributed by atoms with Crippen LogP contribution in [-0.4, -0.2) is 50.6 Å². The predicted molar refractivity (Wildman–Crippen MR) is 85.3 cm³/mol. The van der Waals surface area contributed by atoms with Crippen LogP contribution in [0.1, 0.15) is 17.5 Å². The van der Waals surface area contributed by atoms with Crippen LogP contribution in [-0.2, 0) is 32.4 Å². The molecule has 0 radical (unpaired) electrons. The lowest BCUT2D eigenvalue weighted by atomic mass is 10.0. The van der Waals surface area contributed by atoms with Crippen LogP contribution in [0.15, 0.2) is 12.1 Å². The molecule has 1 fully saturated rings. The van der Waals surface area contributed by atoms with Crippen molar-refractivity contribution < 1.29 is 22.7 Å². The molecule has 2 heterocycles. The normalized spacial score (nSPS) is 22.3. The average Bonchev–Trinajstić information content (AvgIpc) is 2.86. The summed E-state index contributed by atoms with van der Waals surface area (Å²) in [6.45, 7) is 0.542. The van der Waals surface area contributed by atoms with Crippen molar-refractivity contribution in [3.8, 4) is 5.75 Å². The summed E-state index contributed by atoms with van der Waals surface area (Å²) in [5.41, 5.74) is 1.52. The summed E-state index contributed by atoms with van der Waals surface area (Å²) in [5.74, 6) is 0.670. The highest BCUT2D eigenvalue weighted by Crippen LogP contribution is 2.32. The molecule has 0 unspecified atom stereocenters. The number of ether oxygens (including phenoxy) is 2. The summed E-state index contributed by atoms with van der Waals surface area (Å²) in [6, 6.07) is 3.21. The van der Waals surface area contributed by atoms with Crippen molar-refractivity contribution in [2.45, 2.75) is 25.5 Å². The van der Waals surface area contributed by atoms with Gasteiger partial charge in [0.1, 0.15) is 5.75 Å². The molecule has 0 aromatic heterocycles. The Morgan fingerprint density at radius 1 is 1.43 bits per heavy atom. The Morgan fingerprint density at radius 2 is 2.22 bits per heavy atom. The molecule has 0 spiro atoms. The number of sulfone groups is 1. The molecule has 1 amide bonds. The van der Waals surface area contributed by atoms with Gasteiger partial charge in [-0.3, -0.25) is 4.79 Å². The third-order valence-electron chi connectivity index (χ3n) is 4.24. The largest absolute Gasteiger partial charge is 0.467 e. The fraction of sp³-hybridized carbons (Fsp3) is 0.533. The highest BCUT2D eigenvalue weighted by atomic mass is 35.5. The molecule has 2 aliphatic heterocycles. The average molecular weight is 360 g/mol. The Bertz CT molecular complexity index is 734. The third-order valence-corrected chi connectivity index (χ3v) is 6.21. The summed E-state index contributed by atoms with van der Waals surface area (Å²) in [7, 11) is -1.38. The van der Waals surface area contributed by atoms with E-state index in [1.165, 1.54) is 4.90 Å². The van der Waals surface area contributed by atoms with Crippen molar-refractivity contribution in [2.24, 2.45) is 0 Å². The molecule has 6 nitrogen and oxygen atoms in total. The first kappa shape index (κ1) is 16.5. The van der Waals surface area contributed by atoms with Gasteiger partial charge in [0.25, 0.3) is 0 Å². The monoisotopic (exact) mass is 359 g/mol. The van der Waals surface area contributed by atoms with Crippen molar-refractivity contribution in [3.63, 3.8) is 0 Å². The van der Waals surface area contributed by atoms with Gasteiger partial charge in [-0.15, -0.1) is 0 Å². The van der Waals surface area contributed by atoms with E-state index in [4.69, 9.17) is 21.1 Å². The Balaban J connectivity index is 1.77. The van der Waals surface area contributed by atoms with Gasteiger partial charge < -0.3 is 14.4 Å². The van der Waals surface area contributed by atoms with Gasteiger partial charge in [-0.2, -0.15) is 0 Å². The van der Waals surface area contributed by atoms with E-state index in [0.717, 1.165) is 5.56 Å². The van der Waals surface area contributed by atoms with Crippen LogP contribution in [0.2, 0.25) is 5.02 Å². The Labute approximate surface area is 140 Å². The molecule has 2 aliphatic rings. The molecule has 8 heteroatoms. The van der Waals surface area contributed by atoms with Crippen molar-refractivity contribution in [3.05, 3.63) is 28.3 Å². The quantitative estimate of drug-likeness (QED) is 0.815. The van der Waals surface area contributed by atoms with Gasteiger partial charge in [0.05, 0.1) is 24.5 Å². The molecule has 0 saturated carbocycles. The van der Waals surface area contributed by atoms with Gasteiger partial charge >= 0.3 is 0 Å². The first-order valence-electron chi connectivity index (χ1n) is 7.33. The second kappa shape index (κ2) is 6.30. The van der Waals surface area contributed by atoms with Crippen LogP contribution in [0.4, 0.5) is 0 Å². The molecule has 1 aromatic carbocycles. The Hall–Kier alpha value is -1.31. The van der Waals surface area contributed by atoms with Crippen molar-refractivity contribution in [2.75, 3.05) is 25.3 Å². The maximum Gasteiger partial charge on any atom is 0.227 e. The molecular weight excluding hydrogens is 342 g/mol. The number of rotatable bonds is 3. The number of hydrogen-bond donors (Lipinski definition) is 0. The number of amides is 1. The van der Waals surface area contributed by atoms with E-state index in [1.807, 2.05) is 0 Å². The second-order valence-electron chi connectivity index (χ2n) is 5.90. The van der Waals surface area contributed by atoms with Crippen LogP contribution in [0.3, 0.4) is 0 Å². The molecular formula is C15H18ClNO5S. The van der Waals surface area contributed by atoms with Gasteiger partial charge in [0, 0.05) is 29.2 Å². The van der Waals surface area contributed by atoms with E-state index in [-0.39, 0.29) is 36.7 Å². The Morgan fingerprint density at radius 3 is 2.91 bits per heavy atom. The van der Waals surface area contributed by atoms with Gasteiger partial charge in [-0.1, -0.05) is 11.6 Å². The molecule has 1 atom stereocenters. The maximum absolute atomic E-state index is 12.5. The Kier molecular flexibility index (Phi) is 4.53.